The highest BCUT2D eigenvalue weighted by molar-refractivity contribution is 4.92. The molecule has 0 bridgehead atoms. The molecule has 1 aliphatic rings. The van der Waals surface area contributed by atoms with Gasteiger partial charge in [0.1, 0.15) is 5.82 Å². The first-order chi connectivity index (χ1) is 8.31. The maximum Gasteiger partial charge on any atom is 0.108 e. The monoisotopic (exact) mass is 235 g/mol. The van der Waals surface area contributed by atoms with Gasteiger partial charge >= 0.3 is 0 Å². The largest absolute Gasteiger partial charge is 0.338 e. The van der Waals surface area contributed by atoms with Crippen LogP contribution in [0.3, 0.4) is 0 Å². The third kappa shape index (κ3) is 3.32. The molecular formula is C14H25N3. The molecule has 17 heavy (non-hydrogen) atoms. The first kappa shape index (κ1) is 12.6. The summed E-state index contributed by atoms with van der Waals surface area (Å²) in [4.78, 5) is 4.41. The lowest BCUT2D eigenvalue weighted by Crippen LogP contribution is -2.23. The predicted octanol–water partition coefficient (Wildman–Crippen LogP) is 2.51. The number of imidazole rings is 1. The maximum atomic E-state index is 5.92. The topological polar surface area (TPSA) is 43.8 Å². The van der Waals surface area contributed by atoms with Gasteiger partial charge in [-0.3, -0.25) is 0 Å². The van der Waals surface area contributed by atoms with Crippen molar-refractivity contribution in [2.24, 2.45) is 24.6 Å². The number of aryl methyl sites for hydroxylation is 2. The molecule has 0 aromatic carbocycles. The Kier molecular flexibility index (Phi) is 4.60. The molecule has 1 aliphatic carbocycles. The molecule has 0 spiro atoms. The van der Waals surface area contributed by atoms with E-state index in [0.717, 1.165) is 24.8 Å². The molecule has 96 valence electrons. The Labute approximate surface area is 104 Å². The highest BCUT2D eigenvalue weighted by Gasteiger charge is 2.22. The Morgan fingerprint density at radius 2 is 2.06 bits per heavy atom. The molecule has 1 saturated carbocycles. The van der Waals surface area contributed by atoms with Crippen molar-refractivity contribution in [1.82, 2.24) is 9.55 Å². The molecule has 2 atom stereocenters. The highest BCUT2D eigenvalue weighted by Crippen LogP contribution is 2.31. The van der Waals surface area contributed by atoms with Crippen LogP contribution in [0.1, 0.15) is 44.3 Å². The molecule has 1 aromatic rings. The minimum atomic E-state index is 0.748. The normalized spacial score (nSPS) is 25.8. The third-order valence-electron chi connectivity index (χ3n) is 4.28. The van der Waals surface area contributed by atoms with Crippen LogP contribution in [-0.4, -0.2) is 16.1 Å². The van der Waals surface area contributed by atoms with Crippen molar-refractivity contribution in [2.45, 2.75) is 44.9 Å². The van der Waals surface area contributed by atoms with Crippen molar-refractivity contribution >= 4 is 0 Å². The summed E-state index contributed by atoms with van der Waals surface area (Å²) >= 11 is 0. The summed E-state index contributed by atoms with van der Waals surface area (Å²) in [6, 6.07) is 0. The van der Waals surface area contributed by atoms with Gasteiger partial charge in [0.2, 0.25) is 0 Å². The van der Waals surface area contributed by atoms with Crippen LogP contribution in [0.4, 0.5) is 0 Å². The summed E-state index contributed by atoms with van der Waals surface area (Å²) in [5.41, 5.74) is 5.92. The van der Waals surface area contributed by atoms with Gasteiger partial charge in [-0.1, -0.05) is 25.7 Å². The molecule has 0 saturated heterocycles. The van der Waals surface area contributed by atoms with Crippen LogP contribution in [0, 0.1) is 11.8 Å². The van der Waals surface area contributed by atoms with Crippen molar-refractivity contribution < 1.29 is 0 Å². The number of rotatable bonds is 4. The molecule has 2 N–H and O–H groups in total. The Balaban J connectivity index is 1.89. The molecule has 3 nitrogen and oxygen atoms in total. The Morgan fingerprint density at radius 3 is 2.71 bits per heavy atom. The van der Waals surface area contributed by atoms with Crippen LogP contribution in [0.5, 0.6) is 0 Å². The van der Waals surface area contributed by atoms with Crippen molar-refractivity contribution in [3.63, 3.8) is 0 Å². The minimum Gasteiger partial charge on any atom is -0.338 e. The van der Waals surface area contributed by atoms with Gasteiger partial charge in [0, 0.05) is 25.9 Å². The molecule has 2 rings (SSSR count). The number of hydrogen-bond donors (Lipinski definition) is 1. The molecule has 1 heterocycles. The number of hydrogen-bond acceptors (Lipinski definition) is 2. The van der Waals surface area contributed by atoms with Crippen LogP contribution in [0.25, 0.3) is 0 Å². The van der Waals surface area contributed by atoms with Gasteiger partial charge in [0.05, 0.1) is 0 Å². The lowest BCUT2D eigenvalue weighted by atomic mass is 9.84. The minimum absolute atomic E-state index is 0.748. The number of nitrogens with two attached hydrogens (primary N) is 1. The molecule has 0 radical (unpaired) electrons. The van der Waals surface area contributed by atoms with Gasteiger partial charge in [0.25, 0.3) is 0 Å². The van der Waals surface area contributed by atoms with Crippen LogP contribution in [0.2, 0.25) is 0 Å². The molecule has 3 heteroatoms. The quantitative estimate of drug-likeness (QED) is 0.815. The van der Waals surface area contributed by atoms with E-state index in [1.54, 1.807) is 0 Å². The van der Waals surface area contributed by atoms with E-state index >= 15 is 0 Å². The van der Waals surface area contributed by atoms with E-state index in [1.807, 2.05) is 12.4 Å². The standard InChI is InChI=1S/C14H25N3/c1-17-10-9-16-14(17)8-7-12-5-3-2-4-6-13(12)11-15/h9-10,12-13H,2-8,11,15H2,1H3. The van der Waals surface area contributed by atoms with Crippen molar-refractivity contribution in [2.75, 3.05) is 6.54 Å². The lowest BCUT2D eigenvalue weighted by molar-refractivity contribution is 0.299. The van der Waals surface area contributed by atoms with E-state index in [0.29, 0.717) is 0 Å². The van der Waals surface area contributed by atoms with Crippen LogP contribution >= 0.6 is 0 Å². The molecule has 0 amide bonds. The predicted molar refractivity (Wildman–Crippen MR) is 70.6 cm³/mol. The summed E-state index contributed by atoms with van der Waals surface area (Å²) in [5.74, 6) is 2.78. The van der Waals surface area contributed by atoms with Gasteiger partial charge in [-0.15, -0.1) is 0 Å². The summed E-state index contributed by atoms with van der Waals surface area (Å²) in [5, 5.41) is 0. The Morgan fingerprint density at radius 1 is 1.29 bits per heavy atom. The summed E-state index contributed by atoms with van der Waals surface area (Å²) in [6.45, 7) is 0.866. The molecular weight excluding hydrogens is 210 g/mol. The number of aromatic nitrogens is 2. The smallest absolute Gasteiger partial charge is 0.108 e. The first-order valence-electron chi connectivity index (χ1n) is 6.97. The van der Waals surface area contributed by atoms with Gasteiger partial charge in [0.15, 0.2) is 0 Å². The SMILES string of the molecule is Cn1ccnc1CCC1CCCCCC1CN. The molecule has 2 unspecified atom stereocenters. The molecule has 1 fully saturated rings. The third-order valence-corrected chi connectivity index (χ3v) is 4.28. The zero-order chi connectivity index (χ0) is 12.1. The van der Waals surface area contributed by atoms with Crippen LogP contribution < -0.4 is 5.73 Å². The molecule has 1 aromatic heterocycles. The van der Waals surface area contributed by atoms with Gasteiger partial charge in [-0.25, -0.2) is 4.98 Å². The van der Waals surface area contributed by atoms with E-state index in [1.165, 1.54) is 44.3 Å². The average Bonchev–Trinajstić information content (AvgIpc) is 2.63. The highest BCUT2D eigenvalue weighted by atomic mass is 15.0. The van der Waals surface area contributed by atoms with Gasteiger partial charge < -0.3 is 10.3 Å². The Hall–Kier alpha value is -0.830. The lowest BCUT2D eigenvalue weighted by Gasteiger charge is -2.23. The zero-order valence-electron chi connectivity index (χ0n) is 10.9. The second-order valence-corrected chi connectivity index (χ2v) is 5.39. The van der Waals surface area contributed by atoms with E-state index in [4.69, 9.17) is 5.73 Å². The fourth-order valence-electron chi connectivity index (χ4n) is 3.10. The second kappa shape index (κ2) is 6.20. The van der Waals surface area contributed by atoms with E-state index < -0.39 is 0 Å². The number of nitrogens with zero attached hydrogens (tertiary/aromatic N) is 2. The zero-order valence-corrected chi connectivity index (χ0v) is 10.9. The van der Waals surface area contributed by atoms with Crippen LogP contribution in [0.15, 0.2) is 12.4 Å². The fourth-order valence-corrected chi connectivity index (χ4v) is 3.10. The summed E-state index contributed by atoms with van der Waals surface area (Å²) in [7, 11) is 2.08. The summed E-state index contributed by atoms with van der Waals surface area (Å²) < 4.78 is 2.13. The van der Waals surface area contributed by atoms with Crippen molar-refractivity contribution in [1.29, 1.82) is 0 Å². The fraction of sp³-hybridized carbons (Fsp3) is 0.786. The van der Waals surface area contributed by atoms with E-state index in [2.05, 4.69) is 16.6 Å². The summed E-state index contributed by atoms with van der Waals surface area (Å²) in [6.07, 6.45) is 13.1. The van der Waals surface area contributed by atoms with Gasteiger partial charge in [-0.2, -0.15) is 0 Å². The molecule has 0 aliphatic heterocycles. The van der Waals surface area contributed by atoms with Crippen molar-refractivity contribution in [3.8, 4) is 0 Å². The Bertz CT molecular complexity index is 332. The maximum absolute atomic E-state index is 5.92. The van der Waals surface area contributed by atoms with Crippen molar-refractivity contribution in [3.05, 3.63) is 18.2 Å². The van der Waals surface area contributed by atoms with Gasteiger partial charge in [-0.05, 0) is 31.2 Å². The first-order valence-corrected chi connectivity index (χ1v) is 6.97. The second-order valence-electron chi connectivity index (χ2n) is 5.39. The van der Waals surface area contributed by atoms with Crippen LogP contribution in [-0.2, 0) is 13.5 Å². The average molecular weight is 235 g/mol. The van der Waals surface area contributed by atoms with E-state index in [-0.39, 0.29) is 0 Å². The van der Waals surface area contributed by atoms with E-state index in [9.17, 15) is 0 Å².